The standard InChI is InChI=1S/C20H19N3O3/c24-20(18-14-25-16-8-4-5-9-17(16)26-18)23(13-19-21-10-11-22-19)12-15-6-2-1-3-7-15/h1-11,18H,12-14H2,(H,21,22)/t18-/m1/s1. The van der Waals surface area contributed by atoms with Crippen LogP contribution >= 0.6 is 0 Å². The van der Waals surface area contributed by atoms with Gasteiger partial charge in [-0.3, -0.25) is 4.79 Å². The highest BCUT2D eigenvalue weighted by Gasteiger charge is 2.31. The van der Waals surface area contributed by atoms with E-state index in [1.807, 2.05) is 54.6 Å². The molecule has 3 aromatic rings. The van der Waals surface area contributed by atoms with Crippen LogP contribution in [-0.4, -0.2) is 33.5 Å². The molecule has 0 fully saturated rings. The lowest BCUT2D eigenvalue weighted by atomic mass is 10.2. The van der Waals surface area contributed by atoms with Crippen LogP contribution < -0.4 is 9.47 Å². The van der Waals surface area contributed by atoms with Gasteiger partial charge in [-0.2, -0.15) is 0 Å². The Morgan fingerprint density at radius 2 is 1.85 bits per heavy atom. The topological polar surface area (TPSA) is 67.5 Å². The Bertz CT molecular complexity index is 865. The molecular weight excluding hydrogens is 330 g/mol. The molecule has 0 bridgehead atoms. The summed E-state index contributed by atoms with van der Waals surface area (Å²) in [6.07, 6.45) is 2.75. The molecule has 1 amide bonds. The molecule has 132 valence electrons. The van der Waals surface area contributed by atoms with Gasteiger partial charge in [0.25, 0.3) is 5.91 Å². The van der Waals surface area contributed by atoms with Gasteiger partial charge in [0.1, 0.15) is 12.4 Å². The number of rotatable bonds is 5. The van der Waals surface area contributed by atoms with Crippen molar-refractivity contribution in [2.75, 3.05) is 6.61 Å². The second-order valence-electron chi connectivity index (χ2n) is 6.08. The number of ether oxygens (including phenoxy) is 2. The molecule has 26 heavy (non-hydrogen) atoms. The maximum Gasteiger partial charge on any atom is 0.267 e. The fourth-order valence-corrected chi connectivity index (χ4v) is 2.93. The molecule has 1 aromatic heterocycles. The molecule has 1 N–H and O–H groups in total. The number of hydrogen-bond acceptors (Lipinski definition) is 4. The fourth-order valence-electron chi connectivity index (χ4n) is 2.93. The van der Waals surface area contributed by atoms with Crippen molar-refractivity contribution in [1.29, 1.82) is 0 Å². The van der Waals surface area contributed by atoms with E-state index in [4.69, 9.17) is 9.47 Å². The normalized spacial score (nSPS) is 15.5. The van der Waals surface area contributed by atoms with E-state index in [0.29, 0.717) is 24.6 Å². The van der Waals surface area contributed by atoms with E-state index >= 15 is 0 Å². The Labute approximate surface area is 151 Å². The molecule has 1 atom stereocenters. The van der Waals surface area contributed by atoms with Crippen LogP contribution in [0.5, 0.6) is 11.5 Å². The van der Waals surface area contributed by atoms with Crippen molar-refractivity contribution in [2.45, 2.75) is 19.2 Å². The number of carbonyl (C=O) groups is 1. The van der Waals surface area contributed by atoms with Crippen molar-refractivity contribution in [3.8, 4) is 11.5 Å². The van der Waals surface area contributed by atoms with Gasteiger partial charge in [0.15, 0.2) is 11.5 Å². The number of nitrogens with zero attached hydrogens (tertiary/aromatic N) is 2. The van der Waals surface area contributed by atoms with E-state index in [9.17, 15) is 4.79 Å². The highest BCUT2D eigenvalue weighted by molar-refractivity contribution is 5.82. The number of fused-ring (bicyclic) bond motifs is 1. The van der Waals surface area contributed by atoms with Gasteiger partial charge in [-0.15, -0.1) is 0 Å². The van der Waals surface area contributed by atoms with E-state index in [0.717, 1.165) is 11.4 Å². The van der Waals surface area contributed by atoms with Gasteiger partial charge in [-0.25, -0.2) is 4.98 Å². The van der Waals surface area contributed by atoms with Gasteiger partial charge in [-0.05, 0) is 17.7 Å². The second kappa shape index (κ2) is 7.31. The molecule has 2 heterocycles. The molecule has 6 heteroatoms. The summed E-state index contributed by atoms with van der Waals surface area (Å²) in [5.74, 6) is 1.86. The Morgan fingerprint density at radius 1 is 1.08 bits per heavy atom. The monoisotopic (exact) mass is 349 g/mol. The quantitative estimate of drug-likeness (QED) is 0.769. The molecule has 4 rings (SSSR count). The third-order valence-corrected chi connectivity index (χ3v) is 4.21. The first kappa shape index (κ1) is 16.2. The van der Waals surface area contributed by atoms with Gasteiger partial charge >= 0.3 is 0 Å². The number of H-pyrrole nitrogens is 1. The Balaban J connectivity index is 1.54. The average molecular weight is 349 g/mol. The minimum absolute atomic E-state index is 0.125. The fraction of sp³-hybridized carbons (Fsp3) is 0.200. The lowest BCUT2D eigenvalue weighted by molar-refractivity contribution is -0.142. The predicted octanol–water partition coefficient (Wildman–Crippen LogP) is 2.78. The number of aromatic nitrogens is 2. The Kier molecular flexibility index (Phi) is 4.55. The minimum atomic E-state index is -0.677. The lowest BCUT2D eigenvalue weighted by Gasteiger charge is -2.30. The SMILES string of the molecule is O=C([C@H]1COc2ccccc2O1)N(Cc1ccccc1)Cc1ncc[nH]1. The van der Waals surface area contributed by atoms with Crippen molar-refractivity contribution in [3.63, 3.8) is 0 Å². The zero-order chi connectivity index (χ0) is 17.8. The maximum atomic E-state index is 13.1. The van der Waals surface area contributed by atoms with Gasteiger partial charge in [0, 0.05) is 18.9 Å². The molecule has 6 nitrogen and oxygen atoms in total. The van der Waals surface area contributed by atoms with Crippen LogP contribution in [0.25, 0.3) is 0 Å². The zero-order valence-corrected chi connectivity index (χ0v) is 14.2. The van der Waals surface area contributed by atoms with E-state index in [1.54, 1.807) is 17.3 Å². The number of benzene rings is 2. The third kappa shape index (κ3) is 3.54. The van der Waals surface area contributed by atoms with Crippen molar-refractivity contribution in [1.82, 2.24) is 14.9 Å². The summed E-state index contributed by atoms with van der Waals surface area (Å²) in [5, 5.41) is 0. The van der Waals surface area contributed by atoms with Crippen LogP contribution in [0.4, 0.5) is 0 Å². The number of amides is 1. The molecule has 0 saturated heterocycles. The van der Waals surface area contributed by atoms with Crippen LogP contribution in [0.15, 0.2) is 67.0 Å². The second-order valence-corrected chi connectivity index (χ2v) is 6.08. The van der Waals surface area contributed by atoms with Gasteiger partial charge in [-0.1, -0.05) is 42.5 Å². The molecule has 0 saturated carbocycles. The summed E-state index contributed by atoms with van der Waals surface area (Å²) in [4.78, 5) is 22.1. The average Bonchev–Trinajstić information content (AvgIpc) is 3.20. The number of para-hydroxylation sites is 2. The summed E-state index contributed by atoms with van der Waals surface area (Å²) in [7, 11) is 0. The molecule has 0 spiro atoms. The Hall–Kier alpha value is -3.28. The van der Waals surface area contributed by atoms with Crippen molar-refractivity contribution in [2.24, 2.45) is 0 Å². The molecule has 0 aliphatic carbocycles. The summed E-state index contributed by atoms with van der Waals surface area (Å²) in [6.45, 7) is 1.05. The Morgan fingerprint density at radius 3 is 2.62 bits per heavy atom. The third-order valence-electron chi connectivity index (χ3n) is 4.21. The zero-order valence-electron chi connectivity index (χ0n) is 14.2. The summed E-state index contributed by atoms with van der Waals surface area (Å²) in [5.41, 5.74) is 1.05. The first-order valence-corrected chi connectivity index (χ1v) is 8.49. The predicted molar refractivity (Wildman–Crippen MR) is 95.6 cm³/mol. The van der Waals surface area contributed by atoms with Gasteiger partial charge in [0.05, 0.1) is 6.54 Å². The minimum Gasteiger partial charge on any atom is -0.485 e. The molecule has 1 aliphatic heterocycles. The molecular formula is C20H19N3O3. The van der Waals surface area contributed by atoms with Crippen LogP contribution in [0.2, 0.25) is 0 Å². The lowest BCUT2D eigenvalue weighted by Crippen LogP contribution is -2.46. The molecule has 2 aromatic carbocycles. The van der Waals surface area contributed by atoms with Crippen LogP contribution in [0, 0.1) is 0 Å². The maximum absolute atomic E-state index is 13.1. The number of carbonyl (C=O) groups excluding carboxylic acids is 1. The highest BCUT2D eigenvalue weighted by atomic mass is 16.6. The smallest absolute Gasteiger partial charge is 0.267 e. The summed E-state index contributed by atoms with van der Waals surface area (Å²) < 4.78 is 11.6. The van der Waals surface area contributed by atoms with Crippen LogP contribution in [0.3, 0.4) is 0 Å². The van der Waals surface area contributed by atoms with E-state index in [1.165, 1.54) is 0 Å². The van der Waals surface area contributed by atoms with Crippen LogP contribution in [-0.2, 0) is 17.9 Å². The van der Waals surface area contributed by atoms with Crippen molar-refractivity contribution >= 4 is 5.91 Å². The van der Waals surface area contributed by atoms with Crippen molar-refractivity contribution < 1.29 is 14.3 Å². The first-order valence-electron chi connectivity index (χ1n) is 8.49. The number of hydrogen-bond donors (Lipinski definition) is 1. The highest BCUT2D eigenvalue weighted by Crippen LogP contribution is 2.31. The van der Waals surface area contributed by atoms with E-state index in [-0.39, 0.29) is 12.5 Å². The molecule has 0 unspecified atom stereocenters. The van der Waals surface area contributed by atoms with Gasteiger partial charge in [0.2, 0.25) is 6.10 Å². The molecule has 1 aliphatic rings. The molecule has 0 radical (unpaired) electrons. The van der Waals surface area contributed by atoms with Gasteiger partial charge < -0.3 is 19.4 Å². The van der Waals surface area contributed by atoms with E-state index in [2.05, 4.69) is 9.97 Å². The van der Waals surface area contributed by atoms with Crippen molar-refractivity contribution in [3.05, 3.63) is 78.4 Å². The number of imidazole rings is 1. The van der Waals surface area contributed by atoms with E-state index < -0.39 is 6.10 Å². The largest absolute Gasteiger partial charge is 0.485 e. The summed E-state index contributed by atoms with van der Waals surface area (Å²) in [6, 6.07) is 17.2. The first-order chi connectivity index (χ1) is 12.8. The summed E-state index contributed by atoms with van der Waals surface area (Å²) >= 11 is 0. The number of nitrogens with one attached hydrogen (secondary N) is 1. The van der Waals surface area contributed by atoms with Crippen LogP contribution in [0.1, 0.15) is 11.4 Å². The number of aromatic amines is 1.